The van der Waals surface area contributed by atoms with E-state index in [1.165, 1.54) is 12.5 Å². The Hall–Kier alpha value is -2.35. The lowest BCUT2D eigenvalue weighted by Gasteiger charge is -2.26. The third kappa shape index (κ3) is 6.16. The number of nitrogens with one attached hydrogen (secondary N) is 1. The Morgan fingerprint density at radius 1 is 1.06 bits per heavy atom. The summed E-state index contributed by atoms with van der Waals surface area (Å²) in [6.45, 7) is 1.84. The van der Waals surface area contributed by atoms with Gasteiger partial charge in [0, 0.05) is 54.0 Å². The highest BCUT2D eigenvalue weighted by Gasteiger charge is 2.28. The summed E-state index contributed by atoms with van der Waals surface area (Å²) >= 11 is 1.63. The molecular formula is C25H32FN3O3S. The molecule has 0 radical (unpaired) electrons. The fraction of sp³-hybridized carbons (Fsp3) is 0.560. The molecule has 4 rings (SSSR count). The summed E-state index contributed by atoms with van der Waals surface area (Å²) in [6.07, 6.45) is 12.6. The topological polar surface area (TPSA) is 71.4 Å². The van der Waals surface area contributed by atoms with Gasteiger partial charge >= 0.3 is 0 Å². The number of likely N-dealkylation sites (tertiary alicyclic amines) is 1. The average molecular weight is 474 g/mol. The number of fused-ring (bicyclic) bond motifs is 1. The summed E-state index contributed by atoms with van der Waals surface area (Å²) in [5, 5.41) is 4.07. The zero-order chi connectivity index (χ0) is 23.2. The number of nitrogens with zero attached hydrogens (tertiary/aromatic N) is 2. The minimum atomic E-state index is -0.441. The Kier molecular flexibility index (Phi) is 8.06. The first-order chi connectivity index (χ1) is 16.0. The maximum absolute atomic E-state index is 14.2. The fourth-order valence-corrected chi connectivity index (χ4v) is 5.78. The maximum atomic E-state index is 14.2. The van der Waals surface area contributed by atoms with Gasteiger partial charge in [-0.2, -0.15) is 0 Å². The van der Waals surface area contributed by atoms with Gasteiger partial charge in [0.05, 0.1) is 0 Å². The molecule has 178 valence electrons. The monoisotopic (exact) mass is 473 g/mol. The molecule has 1 aromatic heterocycles. The predicted molar refractivity (Wildman–Crippen MR) is 128 cm³/mol. The maximum Gasteiger partial charge on any atom is 0.249 e. The summed E-state index contributed by atoms with van der Waals surface area (Å²) in [4.78, 5) is 38.7. The number of unbranched alkanes of at least 4 members (excludes halogenated alkanes) is 3. The number of hydrogen-bond acceptors (Lipinski definition) is 4. The van der Waals surface area contributed by atoms with Gasteiger partial charge in [-0.05, 0) is 56.4 Å². The first-order valence-electron chi connectivity index (χ1n) is 12.1. The van der Waals surface area contributed by atoms with Gasteiger partial charge in [-0.15, -0.1) is 11.8 Å². The molecule has 2 aliphatic heterocycles. The SMILES string of the molecule is O=C1CCC(n2cc3cc(F)cc(SCCCCCCC(=O)N4CCCCC4)c3c2)C(=O)N1. The van der Waals surface area contributed by atoms with Crippen LogP contribution in [0.3, 0.4) is 0 Å². The molecule has 0 aliphatic carbocycles. The number of hydrogen-bond donors (Lipinski definition) is 1. The molecule has 1 aromatic carbocycles. The van der Waals surface area contributed by atoms with Gasteiger partial charge < -0.3 is 9.47 Å². The van der Waals surface area contributed by atoms with Crippen molar-refractivity contribution in [3.8, 4) is 0 Å². The third-order valence-corrected chi connectivity index (χ3v) is 7.67. The zero-order valence-electron chi connectivity index (χ0n) is 19.0. The number of benzene rings is 1. The lowest BCUT2D eigenvalue weighted by molar-refractivity contribution is -0.136. The van der Waals surface area contributed by atoms with Crippen molar-refractivity contribution in [2.24, 2.45) is 0 Å². The van der Waals surface area contributed by atoms with Crippen LogP contribution >= 0.6 is 11.8 Å². The van der Waals surface area contributed by atoms with E-state index in [4.69, 9.17) is 0 Å². The van der Waals surface area contributed by atoms with Crippen LogP contribution in [0.25, 0.3) is 10.8 Å². The van der Waals surface area contributed by atoms with Crippen molar-refractivity contribution in [2.75, 3.05) is 18.8 Å². The predicted octanol–water partition coefficient (Wildman–Crippen LogP) is 4.81. The largest absolute Gasteiger partial charge is 0.343 e. The van der Waals surface area contributed by atoms with Crippen molar-refractivity contribution < 1.29 is 18.8 Å². The summed E-state index contributed by atoms with van der Waals surface area (Å²) in [5.74, 6) is 0.336. The van der Waals surface area contributed by atoms with Crippen molar-refractivity contribution >= 4 is 40.3 Å². The Balaban J connectivity index is 1.25. The zero-order valence-corrected chi connectivity index (χ0v) is 19.8. The first-order valence-corrected chi connectivity index (χ1v) is 13.0. The molecule has 0 saturated carbocycles. The molecule has 33 heavy (non-hydrogen) atoms. The normalized spacial score (nSPS) is 19.2. The Morgan fingerprint density at radius 2 is 1.85 bits per heavy atom. The van der Waals surface area contributed by atoms with Crippen LogP contribution in [0, 0.1) is 5.82 Å². The molecule has 1 unspecified atom stereocenters. The molecule has 3 heterocycles. The molecule has 3 amide bonds. The number of aromatic nitrogens is 1. The summed E-state index contributed by atoms with van der Waals surface area (Å²) in [5.41, 5.74) is 0. The summed E-state index contributed by atoms with van der Waals surface area (Å²) < 4.78 is 16.0. The number of halogens is 1. The molecule has 1 atom stereocenters. The van der Waals surface area contributed by atoms with E-state index in [-0.39, 0.29) is 17.6 Å². The number of imide groups is 1. The number of rotatable bonds is 9. The van der Waals surface area contributed by atoms with Crippen LogP contribution in [0.4, 0.5) is 4.39 Å². The molecule has 2 aromatic rings. The number of piperidine rings is 2. The van der Waals surface area contributed by atoms with E-state index >= 15 is 0 Å². The molecular weight excluding hydrogens is 441 g/mol. The van der Waals surface area contributed by atoms with E-state index in [0.29, 0.717) is 25.2 Å². The van der Waals surface area contributed by atoms with Gasteiger partial charge in [-0.3, -0.25) is 19.7 Å². The minimum Gasteiger partial charge on any atom is -0.343 e. The van der Waals surface area contributed by atoms with Crippen LogP contribution in [0.2, 0.25) is 0 Å². The molecule has 6 nitrogen and oxygen atoms in total. The quantitative estimate of drug-likeness (QED) is 0.322. The molecule has 2 fully saturated rings. The first kappa shape index (κ1) is 23.8. The molecule has 2 saturated heterocycles. The van der Waals surface area contributed by atoms with Gasteiger partial charge in [0.25, 0.3) is 0 Å². The van der Waals surface area contributed by atoms with E-state index in [0.717, 1.165) is 73.0 Å². The second-order valence-corrected chi connectivity index (χ2v) is 10.2. The third-order valence-electron chi connectivity index (χ3n) is 6.53. The van der Waals surface area contributed by atoms with Crippen molar-refractivity contribution in [1.29, 1.82) is 0 Å². The van der Waals surface area contributed by atoms with E-state index in [2.05, 4.69) is 5.32 Å². The second-order valence-electron chi connectivity index (χ2n) is 9.03. The highest BCUT2D eigenvalue weighted by molar-refractivity contribution is 7.99. The van der Waals surface area contributed by atoms with Crippen LogP contribution < -0.4 is 5.32 Å². The van der Waals surface area contributed by atoms with Gasteiger partial charge in [0.15, 0.2) is 0 Å². The highest BCUT2D eigenvalue weighted by atomic mass is 32.2. The van der Waals surface area contributed by atoms with E-state index in [9.17, 15) is 18.8 Å². The number of carbonyl (C=O) groups excluding carboxylic acids is 3. The molecule has 0 bridgehead atoms. The van der Waals surface area contributed by atoms with Crippen LogP contribution in [-0.4, -0.2) is 46.0 Å². The summed E-state index contributed by atoms with van der Waals surface area (Å²) in [7, 11) is 0. The average Bonchev–Trinajstić information content (AvgIpc) is 3.22. The lowest BCUT2D eigenvalue weighted by atomic mass is 10.1. The van der Waals surface area contributed by atoms with Gasteiger partial charge in [0.2, 0.25) is 17.7 Å². The van der Waals surface area contributed by atoms with Crippen molar-refractivity contribution in [2.45, 2.75) is 75.1 Å². The number of thioether (sulfide) groups is 1. The fourth-order valence-electron chi connectivity index (χ4n) is 4.69. The lowest BCUT2D eigenvalue weighted by Crippen LogP contribution is -2.41. The standard InChI is InChI=1S/C25H32FN3O3S/c26-19-14-18-16-29(21-9-10-23(30)27-25(21)32)17-20(18)22(15-19)33-13-7-2-1-4-8-24(31)28-11-5-3-6-12-28/h14-17,21H,1-13H2,(H,27,30,32). The van der Waals surface area contributed by atoms with Gasteiger partial charge in [0.1, 0.15) is 11.9 Å². The van der Waals surface area contributed by atoms with E-state index < -0.39 is 6.04 Å². The van der Waals surface area contributed by atoms with Crippen LogP contribution in [0.15, 0.2) is 29.4 Å². The highest BCUT2D eigenvalue weighted by Crippen LogP contribution is 2.33. The van der Waals surface area contributed by atoms with E-state index in [1.807, 2.05) is 11.1 Å². The summed E-state index contributed by atoms with van der Waals surface area (Å²) in [6, 6.07) is 2.60. The van der Waals surface area contributed by atoms with Crippen LogP contribution in [-0.2, 0) is 14.4 Å². The Morgan fingerprint density at radius 3 is 2.64 bits per heavy atom. The molecule has 2 aliphatic rings. The smallest absolute Gasteiger partial charge is 0.249 e. The Bertz CT molecular complexity index is 1020. The number of carbonyl (C=O) groups is 3. The minimum absolute atomic E-state index is 0.244. The molecule has 0 spiro atoms. The number of amides is 3. The van der Waals surface area contributed by atoms with Gasteiger partial charge in [-0.25, -0.2) is 4.39 Å². The second kappa shape index (κ2) is 11.2. The van der Waals surface area contributed by atoms with Crippen LogP contribution in [0.5, 0.6) is 0 Å². The van der Waals surface area contributed by atoms with Crippen molar-refractivity contribution in [1.82, 2.24) is 14.8 Å². The van der Waals surface area contributed by atoms with Crippen molar-refractivity contribution in [3.05, 3.63) is 30.3 Å². The van der Waals surface area contributed by atoms with Crippen molar-refractivity contribution in [3.63, 3.8) is 0 Å². The molecule has 8 heteroatoms. The van der Waals surface area contributed by atoms with Crippen LogP contribution in [0.1, 0.15) is 70.3 Å². The molecule has 1 N–H and O–H groups in total. The van der Waals surface area contributed by atoms with Gasteiger partial charge in [-0.1, -0.05) is 12.8 Å². The Labute approximate surface area is 198 Å². The van der Waals surface area contributed by atoms with E-state index in [1.54, 1.807) is 28.6 Å².